The smallest absolute Gasteiger partial charge is 0.0595 e. The lowest BCUT2D eigenvalue weighted by Crippen LogP contribution is -2.47. The van der Waals surface area contributed by atoms with Gasteiger partial charge < -0.3 is 4.74 Å². The van der Waals surface area contributed by atoms with Crippen molar-refractivity contribution in [3.63, 3.8) is 0 Å². The highest BCUT2D eigenvalue weighted by molar-refractivity contribution is 7.80. The number of benzene rings is 1. The number of thiol groups is 1. The highest BCUT2D eigenvalue weighted by Crippen LogP contribution is 2.38. The molecular formula is C11H12Cl2OS. The van der Waals surface area contributed by atoms with Gasteiger partial charge in [-0.2, -0.15) is 12.6 Å². The summed E-state index contributed by atoms with van der Waals surface area (Å²) < 4.78 is 5.31. The van der Waals surface area contributed by atoms with E-state index >= 15 is 0 Å². The molecule has 0 saturated carbocycles. The summed E-state index contributed by atoms with van der Waals surface area (Å²) >= 11 is 16.2. The van der Waals surface area contributed by atoms with Crippen molar-refractivity contribution >= 4 is 35.8 Å². The van der Waals surface area contributed by atoms with E-state index in [0.717, 1.165) is 25.4 Å². The minimum atomic E-state index is 0.107. The van der Waals surface area contributed by atoms with Gasteiger partial charge in [0.05, 0.1) is 23.3 Å². The van der Waals surface area contributed by atoms with E-state index in [1.807, 2.05) is 18.2 Å². The number of halogens is 2. The third-order valence-electron chi connectivity index (χ3n) is 2.88. The molecule has 2 rings (SSSR count). The Bertz CT molecular complexity index is 364. The van der Waals surface area contributed by atoms with Crippen LogP contribution in [-0.4, -0.2) is 19.0 Å². The van der Waals surface area contributed by atoms with Gasteiger partial charge >= 0.3 is 0 Å². The molecular weight excluding hydrogens is 251 g/mol. The fourth-order valence-corrected chi connectivity index (χ4v) is 2.57. The molecule has 0 N–H and O–H groups in total. The number of ether oxygens (including phenoxy) is 1. The minimum Gasteiger partial charge on any atom is -0.379 e. The Kier molecular flexibility index (Phi) is 3.51. The van der Waals surface area contributed by atoms with Crippen LogP contribution in [0.5, 0.6) is 0 Å². The molecule has 0 amide bonds. The van der Waals surface area contributed by atoms with Crippen LogP contribution in [0.15, 0.2) is 18.2 Å². The number of rotatable bonds is 3. The van der Waals surface area contributed by atoms with Crippen LogP contribution in [0.25, 0.3) is 0 Å². The van der Waals surface area contributed by atoms with E-state index in [1.54, 1.807) is 0 Å². The van der Waals surface area contributed by atoms with E-state index in [4.69, 9.17) is 27.9 Å². The van der Waals surface area contributed by atoms with Gasteiger partial charge in [-0.25, -0.2) is 0 Å². The molecule has 0 radical (unpaired) electrons. The molecule has 0 bridgehead atoms. The zero-order valence-corrected chi connectivity index (χ0v) is 10.6. The van der Waals surface area contributed by atoms with Gasteiger partial charge in [0.2, 0.25) is 0 Å². The third kappa shape index (κ3) is 2.14. The molecule has 1 fully saturated rings. The predicted molar refractivity (Wildman–Crippen MR) is 67.4 cm³/mol. The summed E-state index contributed by atoms with van der Waals surface area (Å²) in [4.78, 5) is 0. The third-order valence-corrected chi connectivity index (χ3v) is 3.84. The zero-order valence-electron chi connectivity index (χ0n) is 8.17. The van der Waals surface area contributed by atoms with E-state index in [-0.39, 0.29) is 5.41 Å². The fourth-order valence-electron chi connectivity index (χ4n) is 1.84. The Morgan fingerprint density at radius 2 is 2.00 bits per heavy atom. The van der Waals surface area contributed by atoms with Crippen molar-refractivity contribution in [1.29, 1.82) is 0 Å². The van der Waals surface area contributed by atoms with E-state index in [0.29, 0.717) is 10.0 Å². The molecule has 0 atom stereocenters. The molecule has 0 aliphatic carbocycles. The SMILES string of the molecule is SCCC1(c2ccc(Cl)c(Cl)c2)COC1. The van der Waals surface area contributed by atoms with Gasteiger partial charge in [-0.3, -0.25) is 0 Å². The van der Waals surface area contributed by atoms with Gasteiger partial charge in [-0.1, -0.05) is 29.3 Å². The van der Waals surface area contributed by atoms with Crippen LogP contribution in [0.1, 0.15) is 12.0 Å². The second-order valence-corrected chi connectivity index (χ2v) is 5.14. The lowest BCUT2D eigenvalue weighted by molar-refractivity contribution is -0.0613. The molecule has 1 aromatic rings. The maximum absolute atomic E-state index is 6.01. The zero-order chi connectivity index (χ0) is 10.9. The highest BCUT2D eigenvalue weighted by Gasteiger charge is 2.39. The Morgan fingerprint density at radius 1 is 1.27 bits per heavy atom. The molecule has 0 unspecified atom stereocenters. The molecule has 1 aliphatic rings. The molecule has 1 nitrogen and oxygen atoms in total. The van der Waals surface area contributed by atoms with E-state index in [1.165, 1.54) is 5.56 Å². The van der Waals surface area contributed by atoms with Gasteiger partial charge in [0.1, 0.15) is 0 Å². The van der Waals surface area contributed by atoms with Crippen molar-refractivity contribution in [2.75, 3.05) is 19.0 Å². The summed E-state index contributed by atoms with van der Waals surface area (Å²) in [7, 11) is 0. The summed E-state index contributed by atoms with van der Waals surface area (Å²) in [6.07, 6.45) is 1.01. The van der Waals surface area contributed by atoms with E-state index in [9.17, 15) is 0 Å². The molecule has 1 aliphatic heterocycles. The standard InChI is InChI=1S/C11H12Cl2OS/c12-9-2-1-8(5-10(9)13)11(3-4-15)6-14-7-11/h1-2,5,15H,3-4,6-7H2. The summed E-state index contributed by atoms with van der Waals surface area (Å²) in [6.45, 7) is 1.51. The minimum absolute atomic E-state index is 0.107. The van der Waals surface area contributed by atoms with Crippen LogP contribution in [0, 0.1) is 0 Å². The average molecular weight is 263 g/mol. The van der Waals surface area contributed by atoms with Crippen molar-refractivity contribution in [3.8, 4) is 0 Å². The first-order valence-electron chi connectivity index (χ1n) is 4.82. The Labute approximate surface area is 105 Å². The monoisotopic (exact) mass is 262 g/mol. The highest BCUT2D eigenvalue weighted by atomic mass is 35.5. The largest absolute Gasteiger partial charge is 0.379 e. The molecule has 4 heteroatoms. The van der Waals surface area contributed by atoms with Gasteiger partial charge in [0.25, 0.3) is 0 Å². The average Bonchev–Trinajstić information content (AvgIpc) is 2.16. The van der Waals surface area contributed by atoms with Crippen molar-refractivity contribution in [3.05, 3.63) is 33.8 Å². The summed E-state index contributed by atoms with van der Waals surface area (Å²) in [6, 6.07) is 5.81. The van der Waals surface area contributed by atoms with Crippen LogP contribution in [0.3, 0.4) is 0 Å². The van der Waals surface area contributed by atoms with Crippen molar-refractivity contribution in [2.24, 2.45) is 0 Å². The summed E-state index contributed by atoms with van der Waals surface area (Å²) in [5.74, 6) is 0.851. The lowest BCUT2D eigenvalue weighted by atomic mass is 9.76. The Hall–Kier alpha value is 0.110. The lowest BCUT2D eigenvalue weighted by Gasteiger charge is -2.42. The van der Waals surface area contributed by atoms with Crippen LogP contribution in [-0.2, 0) is 10.2 Å². The molecule has 1 aromatic carbocycles. The van der Waals surface area contributed by atoms with Crippen molar-refractivity contribution in [1.82, 2.24) is 0 Å². The second kappa shape index (κ2) is 4.54. The molecule has 82 valence electrons. The topological polar surface area (TPSA) is 9.23 Å². The van der Waals surface area contributed by atoms with Crippen LogP contribution < -0.4 is 0 Å². The first kappa shape index (κ1) is 11.6. The van der Waals surface area contributed by atoms with Crippen LogP contribution in [0.2, 0.25) is 10.0 Å². The molecule has 0 spiro atoms. The quantitative estimate of drug-likeness (QED) is 0.820. The number of hydrogen-bond donors (Lipinski definition) is 1. The second-order valence-electron chi connectivity index (χ2n) is 3.88. The maximum Gasteiger partial charge on any atom is 0.0595 e. The van der Waals surface area contributed by atoms with Crippen molar-refractivity contribution in [2.45, 2.75) is 11.8 Å². The fraction of sp³-hybridized carbons (Fsp3) is 0.455. The van der Waals surface area contributed by atoms with Gasteiger partial charge in [0.15, 0.2) is 0 Å². The van der Waals surface area contributed by atoms with Gasteiger partial charge in [-0.05, 0) is 29.9 Å². The molecule has 1 saturated heterocycles. The first-order valence-corrected chi connectivity index (χ1v) is 6.21. The van der Waals surface area contributed by atoms with Crippen LogP contribution >= 0.6 is 35.8 Å². The van der Waals surface area contributed by atoms with Gasteiger partial charge in [0, 0.05) is 5.41 Å². The Morgan fingerprint density at radius 3 is 2.47 bits per heavy atom. The predicted octanol–water partition coefficient (Wildman–Crippen LogP) is 3.58. The number of hydrogen-bond acceptors (Lipinski definition) is 2. The molecule has 0 aromatic heterocycles. The molecule has 1 heterocycles. The summed E-state index contributed by atoms with van der Waals surface area (Å²) in [5, 5.41) is 1.21. The molecule has 15 heavy (non-hydrogen) atoms. The first-order chi connectivity index (χ1) is 7.18. The van der Waals surface area contributed by atoms with Crippen LogP contribution in [0.4, 0.5) is 0 Å². The van der Waals surface area contributed by atoms with E-state index < -0.39 is 0 Å². The van der Waals surface area contributed by atoms with E-state index in [2.05, 4.69) is 12.6 Å². The summed E-state index contributed by atoms with van der Waals surface area (Å²) in [5.41, 5.74) is 1.31. The van der Waals surface area contributed by atoms with Crippen molar-refractivity contribution < 1.29 is 4.74 Å². The normalized spacial score (nSPS) is 18.6. The van der Waals surface area contributed by atoms with Gasteiger partial charge in [-0.15, -0.1) is 0 Å². The Balaban J connectivity index is 2.30. The maximum atomic E-state index is 6.01.